The van der Waals surface area contributed by atoms with E-state index in [1.54, 1.807) is 0 Å². The molecule has 17 heavy (non-hydrogen) atoms. The van der Waals surface area contributed by atoms with Gasteiger partial charge in [0.15, 0.2) is 0 Å². The molecule has 0 aliphatic rings. The van der Waals surface area contributed by atoms with Crippen molar-refractivity contribution < 1.29 is 9.53 Å². The van der Waals surface area contributed by atoms with Crippen LogP contribution < -0.4 is 0 Å². The van der Waals surface area contributed by atoms with E-state index in [1.807, 2.05) is 25.1 Å². The van der Waals surface area contributed by atoms with Gasteiger partial charge in [-0.3, -0.25) is 0 Å². The number of rotatable bonds is 6. The minimum absolute atomic E-state index is 0.197. The zero-order valence-electron chi connectivity index (χ0n) is 11.0. The Morgan fingerprint density at radius 3 is 2.53 bits per heavy atom. The average Bonchev–Trinajstić information content (AvgIpc) is 2.36. The van der Waals surface area contributed by atoms with Crippen LogP contribution >= 0.6 is 0 Å². The Morgan fingerprint density at radius 2 is 1.94 bits per heavy atom. The number of carbonyl (C=O) groups is 1. The first kappa shape index (κ1) is 13.8. The van der Waals surface area contributed by atoms with Crippen molar-refractivity contribution in [2.45, 2.75) is 46.0 Å². The molecule has 0 saturated heterocycles. The van der Waals surface area contributed by atoms with Gasteiger partial charge >= 0.3 is 5.97 Å². The molecule has 2 heteroatoms. The summed E-state index contributed by atoms with van der Waals surface area (Å²) in [6.07, 6.45) is 3.31. The highest BCUT2D eigenvalue weighted by Crippen LogP contribution is 2.28. The standard InChI is InChI=1S/C15H22O2/c1-4-9-12(5-2)13-10-7-8-11-14(13)15(16)17-6-3/h7-8,10-12H,4-6,9H2,1-3H3. The Kier molecular flexibility index (Phi) is 5.75. The summed E-state index contributed by atoms with van der Waals surface area (Å²) in [6.45, 7) is 6.61. The fourth-order valence-electron chi connectivity index (χ4n) is 2.18. The number of ether oxygens (including phenoxy) is 1. The minimum atomic E-state index is -0.197. The van der Waals surface area contributed by atoms with Crippen molar-refractivity contribution in [1.82, 2.24) is 0 Å². The average molecular weight is 234 g/mol. The largest absolute Gasteiger partial charge is 0.462 e. The van der Waals surface area contributed by atoms with Gasteiger partial charge in [0.1, 0.15) is 0 Å². The van der Waals surface area contributed by atoms with Crippen LogP contribution in [0.1, 0.15) is 61.9 Å². The second-order valence-electron chi connectivity index (χ2n) is 4.20. The summed E-state index contributed by atoms with van der Waals surface area (Å²) in [5.41, 5.74) is 1.87. The van der Waals surface area contributed by atoms with Gasteiger partial charge < -0.3 is 4.74 Å². The van der Waals surface area contributed by atoms with Crippen LogP contribution in [0.15, 0.2) is 24.3 Å². The Hall–Kier alpha value is -1.31. The molecular weight excluding hydrogens is 212 g/mol. The van der Waals surface area contributed by atoms with Crippen LogP contribution in [0.5, 0.6) is 0 Å². The predicted molar refractivity (Wildman–Crippen MR) is 70.3 cm³/mol. The van der Waals surface area contributed by atoms with Crippen LogP contribution in [0.3, 0.4) is 0 Å². The van der Waals surface area contributed by atoms with E-state index in [2.05, 4.69) is 19.9 Å². The molecule has 0 saturated carbocycles. The lowest BCUT2D eigenvalue weighted by Gasteiger charge is -2.17. The summed E-state index contributed by atoms with van der Waals surface area (Å²) < 4.78 is 5.10. The molecule has 0 aliphatic heterocycles. The van der Waals surface area contributed by atoms with Crippen LogP contribution in [-0.2, 0) is 4.74 Å². The first-order valence-corrected chi connectivity index (χ1v) is 6.50. The van der Waals surface area contributed by atoms with Gasteiger partial charge in [-0.05, 0) is 37.3 Å². The van der Waals surface area contributed by atoms with Gasteiger partial charge in [-0.1, -0.05) is 38.5 Å². The summed E-state index contributed by atoms with van der Waals surface area (Å²) in [7, 11) is 0. The molecule has 0 spiro atoms. The molecule has 0 amide bonds. The van der Waals surface area contributed by atoms with Crippen molar-refractivity contribution in [2.75, 3.05) is 6.61 Å². The van der Waals surface area contributed by atoms with E-state index in [1.165, 1.54) is 0 Å². The summed E-state index contributed by atoms with van der Waals surface area (Å²) >= 11 is 0. The first-order valence-electron chi connectivity index (χ1n) is 6.50. The highest BCUT2D eigenvalue weighted by molar-refractivity contribution is 5.91. The lowest BCUT2D eigenvalue weighted by atomic mass is 9.89. The zero-order valence-corrected chi connectivity index (χ0v) is 11.0. The Morgan fingerprint density at radius 1 is 1.24 bits per heavy atom. The van der Waals surface area contributed by atoms with E-state index in [9.17, 15) is 4.79 Å². The maximum absolute atomic E-state index is 11.9. The highest BCUT2D eigenvalue weighted by Gasteiger charge is 2.17. The highest BCUT2D eigenvalue weighted by atomic mass is 16.5. The molecule has 1 unspecified atom stereocenters. The normalized spacial score (nSPS) is 12.2. The Labute approximate surface area is 104 Å². The van der Waals surface area contributed by atoms with E-state index in [0.29, 0.717) is 12.5 Å². The second-order valence-corrected chi connectivity index (χ2v) is 4.20. The third-order valence-electron chi connectivity index (χ3n) is 3.03. The summed E-state index contributed by atoms with van der Waals surface area (Å²) in [6, 6.07) is 7.81. The number of hydrogen-bond donors (Lipinski definition) is 0. The van der Waals surface area contributed by atoms with Crippen LogP contribution in [0, 0.1) is 0 Å². The van der Waals surface area contributed by atoms with Crippen LogP contribution in [0.4, 0.5) is 0 Å². The van der Waals surface area contributed by atoms with Crippen molar-refractivity contribution >= 4 is 5.97 Å². The van der Waals surface area contributed by atoms with E-state index in [4.69, 9.17) is 4.74 Å². The monoisotopic (exact) mass is 234 g/mol. The molecule has 2 nitrogen and oxygen atoms in total. The lowest BCUT2D eigenvalue weighted by Crippen LogP contribution is -2.10. The van der Waals surface area contributed by atoms with Crippen LogP contribution in [0.25, 0.3) is 0 Å². The van der Waals surface area contributed by atoms with Gasteiger partial charge in [0, 0.05) is 0 Å². The van der Waals surface area contributed by atoms with Gasteiger partial charge in [0.2, 0.25) is 0 Å². The van der Waals surface area contributed by atoms with Crippen LogP contribution in [-0.4, -0.2) is 12.6 Å². The van der Waals surface area contributed by atoms with E-state index < -0.39 is 0 Å². The Bertz CT molecular complexity index is 358. The molecule has 1 aromatic rings. The molecule has 0 aromatic heterocycles. The third kappa shape index (κ3) is 3.58. The van der Waals surface area contributed by atoms with Crippen molar-refractivity contribution in [3.8, 4) is 0 Å². The topological polar surface area (TPSA) is 26.3 Å². The maximum Gasteiger partial charge on any atom is 0.338 e. The van der Waals surface area contributed by atoms with Crippen molar-refractivity contribution in [3.63, 3.8) is 0 Å². The molecule has 0 heterocycles. The molecule has 94 valence electrons. The smallest absolute Gasteiger partial charge is 0.338 e. The molecule has 1 atom stereocenters. The minimum Gasteiger partial charge on any atom is -0.462 e. The summed E-state index contributed by atoms with van der Waals surface area (Å²) in [4.78, 5) is 11.9. The van der Waals surface area contributed by atoms with E-state index in [-0.39, 0.29) is 5.97 Å². The third-order valence-corrected chi connectivity index (χ3v) is 3.03. The Balaban J connectivity index is 3.01. The van der Waals surface area contributed by atoms with Crippen molar-refractivity contribution in [2.24, 2.45) is 0 Å². The molecule has 0 N–H and O–H groups in total. The molecular formula is C15H22O2. The van der Waals surface area contributed by atoms with Gasteiger partial charge in [-0.2, -0.15) is 0 Å². The van der Waals surface area contributed by atoms with E-state index in [0.717, 1.165) is 30.4 Å². The van der Waals surface area contributed by atoms with Gasteiger partial charge in [0.25, 0.3) is 0 Å². The van der Waals surface area contributed by atoms with Gasteiger partial charge in [-0.25, -0.2) is 4.79 Å². The fourth-order valence-corrected chi connectivity index (χ4v) is 2.18. The number of hydrogen-bond acceptors (Lipinski definition) is 2. The van der Waals surface area contributed by atoms with E-state index >= 15 is 0 Å². The lowest BCUT2D eigenvalue weighted by molar-refractivity contribution is 0.0524. The maximum atomic E-state index is 11.9. The molecule has 0 bridgehead atoms. The first-order chi connectivity index (χ1) is 8.24. The molecule has 1 aromatic carbocycles. The second kappa shape index (κ2) is 7.10. The van der Waals surface area contributed by atoms with Gasteiger partial charge in [-0.15, -0.1) is 0 Å². The predicted octanol–water partition coefficient (Wildman–Crippen LogP) is 4.16. The molecule has 0 aliphatic carbocycles. The van der Waals surface area contributed by atoms with Gasteiger partial charge in [0.05, 0.1) is 12.2 Å². The SMILES string of the molecule is CCCC(CC)c1ccccc1C(=O)OCC. The molecule has 1 rings (SSSR count). The molecule has 0 radical (unpaired) electrons. The number of benzene rings is 1. The molecule has 0 fully saturated rings. The zero-order chi connectivity index (χ0) is 12.7. The number of carbonyl (C=O) groups excluding carboxylic acids is 1. The summed E-state index contributed by atoms with van der Waals surface area (Å²) in [5.74, 6) is 0.262. The van der Waals surface area contributed by atoms with Crippen molar-refractivity contribution in [1.29, 1.82) is 0 Å². The quantitative estimate of drug-likeness (QED) is 0.691. The summed E-state index contributed by atoms with van der Waals surface area (Å²) in [5, 5.41) is 0. The van der Waals surface area contributed by atoms with Crippen molar-refractivity contribution in [3.05, 3.63) is 35.4 Å². The van der Waals surface area contributed by atoms with Crippen LogP contribution in [0.2, 0.25) is 0 Å². The fraction of sp³-hybridized carbons (Fsp3) is 0.533. The number of esters is 1.